The highest BCUT2D eigenvalue weighted by Crippen LogP contribution is 2.30. The van der Waals surface area contributed by atoms with E-state index in [0.717, 1.165) is 33.2 Å². The van der Waals surface area contributed by atoms with Crippen molar-refractivity contribution >= 4 is 29.0 Å². The van der Waals surface area contributed by atoms with Crippen LogP contribution in [0.2, 0.25) is 0 Å². The molecule has 2 aromatic rings. The van der Waals surface area contributed by atoms with Crippen molar-refractivity contribution in [3.63, 3.8) is 0 Å². The van der Waals surface area contributed by atoms with Crippen LogP contribution in [-0.4, -0.2) is 11.3 Å². The van der Waals surface area contributed by atoms with Crippen LogP contribution in [-0.2, 0) is 6.42 Å². The third-order valence-corrected chi connectivity index (χ3v) is 3.96. The molecule has 0 atom stereocenters. The molecule has 0 aliphatic rings. The minimum atomic E-state index is 0.760. The maximum absolute atomic E-state index is 10.7. The normalized spacial score (nSPS) is 10.4. The van der Waals surface area contributed by atoms with E-state index in [0.29, 0.717) is 0 Å². The molecule has 0 unspecified atom stereocenters. The fourth-order valence-electron chi connectivity index (χ4n) is 1.21. The fourth-order valence-corrected chi connectivity index (χ4v) is 2.98. The molecule has 2 heterocycles. The lowest BCUT2D eigenvalue weighted by Gasteiger charge is -1.87. The Balaban J connectivity index is 2.46. The second kappa shape index (κ2) is 4.02. The zero-order valence-corrected chi connectivity index (χ0v) is 9.32. The molecule has 0 saturated heterocycles. The first-order valence-corrected chi connectivity index (χ1v) is 6.03. The Bertz CT molecular complexity index is 431. The number of hydrogen-bond donors (Lipinski definition) is 0. The summed E-state index contributed by atoms with van der Waals surface area (Å²) in [7, 11) is 0. The molecular formula is C10H9NOS2. The Hall–Kier alpha value is -1.00. The maximum atomic E-state index is 10.7. The van der Waals surface area contributed by atoms with E-state index in [1.807, 2.05) is 24.4 Å². The number of aryl methyl sites for hydroxylation is 1. The smallest absolute Gasteiger partial charge is 0.161 e. The van der Waals surface area contributed by atoms with E-state index in [4.69, 9.17) is 0 Å². The van der Waals surface area contributed by atoms with Crippen molar-refractivity contribution < 1.29 is 4.79 Å². The zero-order chi connectivity index (χ0) is 9.97. The van der Waals surface area contributed by atoms with Crippen LogP contribution < -0.4 is 0 Å². The zero-order valence-electron chi connectivity index (χ0n) is 7.69. The Labute approximate surface area is 90.2 Å². The molecule has 0 spiro atoms. The highest BCUT2D eigenvalue weighted by atomic mass is 32.1. The Kier molecular flexibility index (Phi) is 2.74. The molecular weight excluding hydrogens is 214 g/mol. The predicted octanol–water partition coefficient (Wildman–Crippen LogP) is 3.25. The maximum Gasteiger partial charge on any atom is 0.161 e. The number of hydrogen-bond acceptors (Lipinski definition) is 4. The first-order chi connectivity index (χ1) is 6.85. The van der Waals surface area contributed by atoms with Crippen molar-refractivity contribution in [3.05, 3.63) is 28.1 Å². The summed E-state index contributed by atoms with van der Waals surface area (Å²) >= 11 is 3.12. The van der Waals surface area contributed by atoms with Crippen LogP contribution in [0.15, 0.2) is 17.5 Å². The van der Waals surface area contributed by atoms with Gasteiger partial charge in [0.1, 0.15) is 5.01 Å². The lowest BCUT2D eigenvalue weighted by Crippen LogP contribution is -1.84. The van der Waals surface area contributed by atoms with Gasteiger partial charge in [0, 0.05) is 0 Å². The molecule has 0 aromatic carbocycles. The van der Waals surface area contributed by atoms with Crippen molar-refractivity contribution in [1.82, 2.24) is 4.98 Å². The molecule has 2 nitrogen and oxygen atoms in total. The molecule has 14 heavy (non-hydrogen) atoms. The molecule has 0 amide bonds. The van der Waals surface area contributed by atoms with Crippen molar-refractivity contribution in [2.45, 2.75) is 13.3 Å². The Morgan fingerprint density at radius 1 is 1.57 bits per heavy atom. The third-order valence-electron chi connectivity index (χ3n) is 1.90. The molecule has 0 bridgehead atoms. The molecule has 72 valence electrons. The SMILES string of the molecule is CCc1nc(-c2cccs2)sc1C=O. The summed E-state index contributed by atoms with van der Waals surface area (Å²) < 4.78 is 0. The van der Waals surface area contributed by atoms with Crippen LogP contribution in [0.1, 0.15) is 22.3 Å². The molecule has 2 aromatic heterocycles. The summed E-state index contributed by atoms with van der Waals surface area (Å²) in [6.07, 6.45) is 1.71. The predicted molar refractivity (Wildman–Crippen MR) is 60.2 cm³/mol. The van der Waals surface area contributed by atoms with Gasteiger partial charge in [0.25, 0.3) is 0 Å². The number of carbonyl (C=O) groups is 1. The quantitative estimate of drug-likeness (QED) is 0.748. The fraction of sp³-hybridized carbons (Fsp3) is 0.200. The second-order valence-electron chi connectivity index (χ2n) is 2.78. The molecule has 2 rings (SSSR count). The van der Waals surface area contributed by atoms with E-state index in [9.17, 15) is 4.79 Å². The number of aldehydes is 1. The van der Waals surface area contributed by atoms with Gasteiger partial charge in [-0.05, 0) is 17.9 Å². The van der Waals surface area contributed by atoms with Crippen LogP contribution in [0.5, 0.6) is 0 Å². The molecule has 0 radical (unpaired) electrons. The first kappa shape index (κ1) is 9.55. The summed E-state index contributed by atoms with van der Waals surface area (Å²) in [5, 5.41) is 2.97. The molecule has 0 saturated carbocycles. The monoisotopic (exact) mass is 223 g/mol. The number of thiazole rings is 1. The lowest BCUT2D eigenvalue weighted by atomic mass is 10.3. The summed E-state index contributed by atoms with van der Waals surface area (Å²) in [4.78, 5) is 17.1. The summed E-state index contributed by atoms with van der Waals surface area (Å²) in [6.45, 7) is 2.01. The molecule has 0 aliphatic carbocycles. The van der Waals surface area contributed by atoms with Gasteiger partial charge in [-0.1, -0.05) is 13.0 Å². The highest BCUT2D eigenvalue weighted by molar-refractivity contribution is 7.21. The van der Waals surface area contributed by atoms with Crippen molar-refractivity contribution in [3.8, 4) is 9.88 Å². The molecule has 0 fully saturated rings. The standard InChI is InChI=1S/C10H9NOS2/c1-2-7-9(6-12)14-10(11-7)8-4-3-5-13-8/h3-6H,2H2,1H3. The minimum Gasteiger partial charge on any atom is -0.297 e. The van der Waals surface area contributed by atoms with Crippen LogP contribution >= 0.6 is 22.7 Å². The van der Waals surface area contributed by atoms with Gasteiger partial charge in [-0.15, -0.1) is 22.7 Å². The van der Waals surface area contributed by atoms with Crippen LogP contribution in [0.25, 0.3) is 9.88 Å². The summed E-state index contributed by atoms with van der Waals surface area (Å²) in [5.41, 5.74) is 0.911. The van der Waals surface area contributed by atoms with E-state index in [1.165, 1.54) is 11.3 Å². The Morgan fingerprint density at radius 3 is 2.93 bits per heavy atom. The summed E-state index contributed by atoms with van der Waals surface area (Å²) in [6, 6.07) is 4.02. The van der Waals surface area contributed by atoms with Gasteiger partial charge >= 0.3 is 0 Å². The minimum absolute atomic E-state index is 0.760. The Morgan fingerprint density at radius 2 is 2.43 bits per heavy atom. The number of thiophene rings is 1. The number of aromatic nitrogens is 1. The third kappa shape index (κ3) is 1.63. The average molecular weight is 223 g/mol. The number of nitrogens with zero attached hydrogens (tertiary/aromatic N) is 1. The lowest BCUT2D eigenvalue weighted by molar-refractivity contribution is 0.112. The molecule has 0 N–H and O–H groups in total. The van der Waals surface area contributed by atoms with Crippen LogP contribution in [0.4, 0.5) is 0 Å². The van der Waals surface area contributed by atoms with Crippen molar-refractivity contribution in [2.75, 3.05) is 0 Å². The van der Waals surface area contributed by atoms with E-state index in [-0.39, 0.29) is 0 Å². The average Bonchev–Trinajstić information content (AvgIpc) is 2.85. The van der Waals surface area contributed by atoms with Crippen LogP contribution in [0.3, 0.4) is 0 Å². The first-order valence-electron chi connectivity index (χ1n) is 4.34. The van der Waals surface area contributed by atoms with E-state index in [1.54, 1.807) is 11.3 Å². The number of rotatable bonds is 3. The number of carbonyl (C=O) groups excluding carboxylic acids is 1. The van der Waals surface area contributed by atoms with Gasteiger partial charge in [0.2, 0.25) is 0 Å². The largest absolute Gasteiger partial charge is 0.297 e. The van der Waals surface area contributed by atoms with Crippen molar-refractivity contribution in [2.24, 2.45) is 0 Å². The van der Waals surface area contributed by atoms with Gasteiger partial charge in [0.05, 0.1) is 15.4 Å². The van der Waals surface area contributed by atoms with Crippen LogP contribution in [0, 0.1) is 0 Å². The second-order valence-corrected chi connectivity index (χ2v) is 4.76. The van der Waals surface area contributed by atoms with Crippen molar-refractivity contribution in [1.29, 1.82) is 0 Å². The van der Waals surface area contributed by atoms with Gasteiger partial charge < -0.3 is 0 Å². The van der Waals surface area contributed by atoms with E-state index < -0.39 is 0 Å². The topological polar surface area (TPSA) is 30.0 Å². The van der Waals surface area contributed by atoms with E-state index in [2.05, 4.69) is 4.98 Å². The van der Waals surface area contributed by atoms with Gasteiger partial charge in [0.15, 0.2) is 6.29 Å². The summed E-state index contributed by atoms with van der Waals surface area (Å²) in [5.74, 6) is 0. The van der Waals surface area contributed by atoms with Gasteiger partial charge in [-0.3, -0.25) is 4.79 Å². The molecule has 4 heteroatoms. The van der Waals surface area contributed by atoms with E-state index >= 15 is 0 Å². The van der Waals surface area contributed by atoms with Gasteiger partial charge in [-0.2, -0.15) is 0 Å². The molecule has 0 aliphatic heterocycles. The highest BCUT2D eigenvalue weighted by Gasteiger charge is 2.10. The van der Waals surface area contributed by atoms with Gasteiger partial charge in [-0.25, -0.2) is 4.98 Å².